The molecule has 0 spiro atoms. The Kier molecular flexibility index (Phi) is 6.11. The fraction of sp³-hybridized carbons (Fsp3) is 0. The van der Waals surface area contributed by atoms with Gasteiger partial charge in [-0.15, -0.1) is 0 Å². The van der Waals surface area contributed by atoms with Gasteiger partial charge in [-0.05, 0) is 40.1 Å². The molecular formula is C36H24N4. The Bertz CT molecular complexity index is 1860. The molecule has 0 atom stereocenters. The van der Waals surface area contributed by atoms with Crippen molar-refractivity contribution in [1.82, 2.24) is 19.9 Å². The average Bonchev–Trinajstić information content (AvgIpc) is 3.05. The number of hydrogen-bond acceptors (Lipinski definition) is 4. The van der Waals surface area contributed by atoms with Gasteiger partial charge >= 0.3 is 0 Å². The van der Waals surface area contributed by atoms with Gasteiger partial charge in [0.15, 0.2) is 17.5 Å². The summed E-state index contributed by atoms with van der Waals surface area (Å²) in [6.07, 6.45) is 1.82. The number of benzene rings is 5. The quantitative estimate of drug-likeness (QED) is 0.231. The molecule has 7 rings (SSSR count). The summed E-state index contributed by atoms with van der Waals surface area (Å²) in [5, 5.41) is 2.31. The van der Waals surface area contributed by atoms with Crippen LogP contribution in [-0.4, -0.2) is 19.9 Å². The van der Waals surface area contributed by atoms with E-state index >= 15 is 0 Å². The number of aromatic nitrogens is 4. The van der Waals surface area contributed by atoms with Gasteiger partial charge < -0.3 is 0 Å². The van der Waals surface area contributed by atoms with Crippen molar-refractivity contribution in [1.29, 1.82) is 0 Å². The van der Waals surface area contributed by atoms with E-state index in [9.17, 15) is 0 Å². The van der Waals surface area contributed by atoms with E-state index in [1.54, 1.807) is 0 Å². The zero-order valence-corrected chi connectivity index (χ0v) is 21.6. The monoisotopic (exact) mass is 512 g/mol. The first-order chi connectivity index (χ1) is 19.8. The molecule has 0 N–H and O–H groups in total. The Morgan fingerprint density at radius 3 is 1.57 bits per heavy atom. The molecule has 0 amide bonds. The Morgan fingerprint density at radius 1 is 0.375 bits per heavy atom. The van der Waals surface area contributed by atoms with Gasteiger partial charge in [-0.25, -0.2) is 15.0 Å². The van der Waals surface area contributed by atoms with E-state index in [1.165, 1.54) is 0 Å². The van der Waals surface area contributed by atoms with Gasteiger partial charge in [0.2, 0.25) is 0 Å². The van der Waals surface area contributed by atoms with Gasteiger partial charge in [-0.3, -0.25) is 4.98 Å². The molecule has 40 heavy (non-hydrogen) atoms. The van der Waals surface area contributed by atoms with Gasteiger partial charge in [0.05, 0.1) is 5.69 Å². The van der Waals surface area contributed by atoms with Crippen LogP contribution in [0.1, 0.15) is 0 Å². The van der Waals surface area contributed by atoms with Gasteiger partial charge in [0.1, 0.15) is 0 Å². The largest absolute Gasteiger partial charge is 0.256 e. The normalized spacial score (nSPS) is 11.0. The van der Waals surface area contributed by atoms with E-state index < -0.39 is 0 Å². The Hall–Kier alpha value is -5.48. The summed E-state index contributed by atoms with van der Waals surface area (Å²) in [4.78, 5) is 19.2. The number of fused-ring (bicyclic) bond motifs is 1. The standard InChI is InChI=1S/C36H24N4/c1-3-10-28(11-4-1)34-38-35(29-12-5-2-6-13-29)40-36(39-34)30-22-19-25-14-9-15-31(32(25)24-30)26-17-20-27(21-18-26)33-16-7-8-23-37-33/h1-24H. The summed E-state index contributed by atoms with van der Waals surface area (Å²) in [6, 6.07) is 47.5. The fourth-order valence-corrected chi connectivity index (χ4v) is 4.96. The maximum atomic E-state index is 4.92. The van der Waals surface area contributed by atoms with Crippen LogP contribution in [0.2, 0.25) is 0 Å². The van der Waals surface area contributed by atoms with E-state index in [1.807, 2.05) is 85.1 Å². The van der Waals surface area contributed by atoms with Crippen LogP contribution in [0.15, 0.2) is 146 Å². The number of rotatable bonds is 5. The second kappa shape index (κ2) is 10.4. The van der Waals surface area contributed by atoms with Gasteiger partial charge in [0.25, 0.3) is 0 Å². The molecule has 0 radical (unpaired) electrons. The summed E-state index contributed by atoms with van der Waals surface area (Å²) in [6.45, 7) is 0. The van der Waals surface area contributed by atoms with Gasteiger partial charge in [-0.1, -0.05) is 121 Å². The van der Waals surface area contributed by atoms with Crippen molar-refractivity contribution in [2.75, 3.05) is 0 Å². The SMILES string of the molecule is c1ccc(-c2nc(-c3ccccc3)nc(-c3ccc4cccc(-c5ccc(-c6ccccn6)cc5)c4c3)n2)cc1. The highest BCUT2D eigenvalue weighted by molar-refractivity contribution is 5.99. The van der Waals surface area contributed by atoms with Crippen LogP contribution in [0, 0.1) is 0 Å². The lowest BCUT2D eigenvalue weighted by atomic mass is 9.95. The third-order valence-corrected chi connectivity index (χ3v) is 7.00. The molecule has 0 fully saturated rings. The molecule has 0 saturated carbocycles. The van der Waals surface area contributed by atoms with Crippen molar-refractivity contribution in [3.8, 4) is 56.5 Å². The maximum Gasteiger partial charge on any atom is 0.164 e. The predicted octanol–water partition coefficient (Wildman–Crippen LogP) is 8.75. The molecule has 188 valence electrons. The Balaban J connectivity index is 1.35. The van der Waals surface area contributed by atoms with E-state index in [0.29, 0.717) is 17.5 Å². The second-order valence-corrected chi connectivity index (χ2v) is 9.57. The molecule has 7 aromatic rings. The van der Waals surface area contributed by atoms with Crippen molar-refractivity contribution in [2.24, 2.45) is 0 Å². The highest BCUT2D eigenvalue weighted by Crippen LogP contribution is 2.33. The van der Waals surface area contributed by atoms with Crippen molar-refractivity contribution >= 4 is 10.8 Å². The van der Waals surface area contributed by atoms with Gasteiger partial charge in [0, 0.05) is 28.5 Å². The van der Waals surface area contributed by atoms with Gasteiger partial charge in [-0.2, -0.15) is 0 Å². The van der Waals surface area contributed by atoms with E-state index in [2.05, 4.69) is 65.6 Å². The Morgan fingerprint density at radius 2 is 0.950 bits per heavy atom. The topological polar surface area (TPSA) is 51.6 Å². The minimum atomic E-state index is 0.648. The Labute approximate surface area is 232 Å². The molecule has 0 bridgehead atoms. The van der Waals surface area contributed by atoms with E-state index in [4.69, 9.17) is 15.0 Å². The second-order valence-electron chi connectivity index (χ2n) is 9.57. The maximum absolute atomic E-state index is 4.92. The summed E-state index contributed by atoms with van der Waals surface area (Å²) < 4.78 is 0. The first-order valence-electron chi connectivity index (χ1n) is 13.2. The fourth-order valence-electron chi connectivity index (χ4n) is 4.96. The van der Waals surface area contributed by atoms with Crippen molar-refractivity contribution in [2.45, 2.75) is 0 Å². The lowest BCUT2D eigenvalue weighted by Crippen LogP contribution is -2.00. The average molecular weight is 513 g/mol. The molecule has 2 heterocycles. The van der Waals surface area contributed by atoms with Crippen LogP contribution in [0.4, 0.5) is 0 Å². The summed E-state index contributed by atoms with van der Waals surface area (Å²) in [5.41, 5.74) is 7.22. The smallest absolute Gasteiger partial charge is 0.164 e. The molecule has 2 aromatic heterocycles. The number of nitrogens with zero attached hydrogens (tertiary/aromatic N) is 4. The number of pyridine rings is 1. The third kappa shape index (κ3) is 4.63. The van der Waals surface area contributed by atoms with Crippen LogP contribution >= 0.6 is 0 Å². The molecule has 4 heteroatoms. The molecular weight excluding hydrogens is 488 g/mol. The molecule has 0 aliphatic heterocycles. The predicted molar refractivity (Wildman–Crippen MR) is 162 cm³/mol. The summed E-state index contributed by atoms with van der Waals surface area (Å²) in [5.74, 6) is 1.96. The van der Waals surface area contributed by atoms with Crippen molar-refractivity contribution in [3.05, 3.63) is 146 Å². The first kappa shape index (κ1) is 23.6. The zero-order valence-electron chi connectivity index (χ0n) is 21.6. The van der Waals surface area contributed by atoms with Crippen LogP contribution < -0.4 is 0 Å². The van der Waals surface area contributed by atoms with Crippen molar-refractivity contribution < 1.29 is 0 Å². The van der Waals surface area contributed by atoms with E-state index in [-0.39, 0.29) is 0 Å². The number of hydrogen-bond donors (Lipinski definition) is 0. The zero-order chi connectivity index (χ0) is 26.7. The summed E-state index contributed by atoms with van der Waals surface area (Å²) >= 11 is 0. The lowest BCUT2D eigenvalue weighted by Gasteiger charge is -2.11. The molecule has 0 unspecified atom stereocenters. The van der Waals surface area contributed by atoms with Crippen molar-refractivity contribution in [3.63, 3.8) is 0 Å². The summed E-state index contributed by atoms with van der Waals surface area (Å²) in [7, 11) is 0. The molecule has 0 saturated heterocycles. The lowest BCUT2D eigenvalue weighted by molar-refractivity contribution is 1.07. The highest BCUT2D eigenvalue weighted by Gasteiger charge is 2.13. The van der Waals surface area contributed by atoms with Crippen LogP contribution in [0.25, 0.3) is 67.3 Å². The highest BCUT2D eigenvalue weighted by atomic mass is 15.0. The van der Waals surface area contributed by atoms with Crippen LogP contribution in [0.5, 0.6) is 0 Å². The molecule has 0 aliphatic rings. The molecule has 0 aliphatic carbocycles. The molecule has 4 nitrogen and oxygen atoms in total. The third-order valence-electron chi connectivity index (χ3n) is 7.00. The molecule has 5 aromatic carbocycles. The van der Waals surface area contributed by atoms with Crippen LogP contribution in [-0.2, 0) is 0 Å². The first-order valence-corrected chi connectivity index (χ1v) is 13.2. The minimum absolute atomic E-state index is 0.648. The minimum Gasteiger partial charge on any atom is -0.256 e. The van der Waals surface area contributed by atoms with Crippen LogP contribution in [0.3, 0.4) is 0 Å². The van der Waals surface area contributed by atoms with E-state index in [0.717, 1.165) is 49.8 Å².